The zero-order chi connectivity index (χ0) is 11.7. The topological polar surface area (TPSA) is 20.2 Å². The van der Waals surface area contributed by atoms with Crippen molar-refractivity contribution in [2.45, 2.75) is 40.0 Å². The fraction of sp³-hybridized carbons (Fsp3) is 0.733. The molecule has 2 aliphatic rings. The first kappa shape index (κ1) is 11.9. The summed E-state index contributed by atoms with van der Waals surface area (Å²) in [5.74, 6) is 2.57. The molecule has 2 rings (SSSR count). The van der Waals surface area contributed by atoms with Crippen LogP contribution in [-0.4, -0.2) is 11.7 Å². The van der Waals surface area contributed by atoms with E-state index in [-0.39, 0.29) is 0 Å². The Balaban J connectivity index is 2.15. The summed E-state index contributed by atoms with van der Waals surface area (Å²) in [5, 5.41) is 9.32. The largest absolute Gasteiger partial charge is 0.396 e. The summed E-state index contributed by atoms with van der Waals surface area (Å²) >= 11 is 0. The van der Waals surface area contributed by atoms with Gasteiger partial charge < -0.3 is 5.11 Å². The van der Waals surface area contributed by atoms with Crippen LogP contribution in [0.25, 0.3) is 0 Å². The lowest BCUT2D eigenvalue weighted by atomic mass is 9.82. The van der Waals surface area contributed by atoms with E-state index in [1.165, 1.54) is 24.8 Å². The van der Waals surface area contributed by atoms with Crippen LogP contribution >= 0.6 is 0 Å². The molecule has 0 heterocycles. The molecule has 1 saturated carbocycles. The summed E-state index contributed by atoms with van der Waals surface area (Å²) in [6.45, 7) is 7.15. The zero-order valence-corrected chi connectivity index (χ0v) is 10.7. The molecule has 1 nitrogen and oxygen atoms in total. The minimum atomic E-state index is 0.341. The van der Waals surface area contributed by atoms with Crippen molar-refractivity contribution in [3.8, 4) is 0 Å². The molecule has 0 radical (unpaired) electrons. The molecule has 4 atom stereocenters. The Kier molecular flexibility index (Phi) is 3.53. The Morgan fingerprint density at radius 2 is 2.12 bits per heavy atom. The van der Waals surface area contributed by atoms with Crippen molar-refractivity contribution in [3.05, 3.63) is 23.3 Å². The Hall–Kier alpha value is -0.560. The first-order valence-corrected chi connectivity index (χ1v) is 6.62. The maximum Gasteiger partial charge on any atom is 0.0459 e. The van der Waals surface area contributed by atoms with Crippen LogP contribution in [0.2, 0.25) is 0 Å². The smallest absolute Gasteiger partial charge is 0.0459 e. The van der Waals surface area contributed by atoms with Crippen LogP contribution in [0.1, 0.15) is 40.0 Å². The molecule has 0 aromatic heterocycles. The average molecular weight is 220 g/mol. The fourth-order valence-electron chi connectivity index (χ4n) is 3.27. The molecule has 0 bridgehead atoms. The summed E-state index contributed by atoms with van der Waals surface area (Å²) in [5.41, 5.74) is 3.17. The van der Waals surface area contributed by atoms with Gasteiger partial charge in [0.25, 0.3) is 0 Å². The second-order valence-electron chi connectivity index (χ2n) is 5.76. The van der Waals surface area contributed by atoms with Crippen molar-refractivity contribution in [3.63, 3.8) is 0 Å². The molecule has 16 heavy (non-hydrogen) atoms. The molecule has 1 N–H and O–H groups in total. The van der Waals surface area contributed by atoms with Gasteiger partial charge in [-0.1, -0.05) is 37.1 Å². The van der Waals surface area contributed by atoms with Crippen LogP contribution in [0, 0.1) is 23.7 Å². The van der Waals surface area contributed by atoms with E-state index in [0.29, 0.717) is 24.4 Å². The zero-order valence-electron chi connectivity index (χ0n) is 10.7. The molecule has 1 fully saturated rings. The molecule has 0 amide bonds. The standard InChI is InChI=1S/C15H24O/c1-10-4-6-13(12(3)9-16)8-15-11(2)5-7-14(10)15/h5,7,10,12-13,15-16H,4,6,8-9H2,1-3H3/t10-,12?,13+,15-/m0/s1. The van der Waals surface area contributed by atoms with Crippen molar-refractivity contribution in [1.29, 1.82) is 0 Å². The average Bonchev–Trinajstić information content (AvgIpc) is 2.55. The van der Waals surface area contributed by atoms with Crippen molar-refractivity contribution in [2.24, 2.45) is 23.7 Å². The molecule has 90 valence electrons. The van der Waals surface area contributed by atoms with Gasteiger partial charge in [0.2, 0.25) is 0 Å². The number of hydrogen-bond donors (Lipinski definition) is 1. The SMILES string of the molecule is CC1=CC=C2[C@H]1C[C@H](C(C)CO)CC[C@@H]2C. The summed E-state index contributed by atoms with van der Waals surface area (Å²) < 4.78 is 0. The second kappa shape index (κ2) is 4.75. The van der Waals surface area contributed by atoms with Crippen LogP contribution in [0.3, 0.4) is 0 Å². The van der Waals surface area contributed by atoms with E-state index in [0.717, 1.165) is 5.92 Å². The van der Waals surface area contributed by atoms with E-state index in [4.69, 9.17) is 0 Å². The normalized spacial score (nSPS) is 36.1. The number of rotatable bonds is 2. The van der Waals surface area contributed by atoms with E-state index < -0.39 is 0 Å². The molecule has 1 unspecified atom stereocenters. The third-order valence-corrected chi connectivity index (χ3v) is 4.66. The van der Waals surface area contributed by atoms with E-state index >= 15 is 0 Å². The lowest BCUT2D eigenvalue weighted by Gasteiger charge is -2.24. The Bertz CT molecular complexity index is 313. The summed E-state index contributed by atoms with van der Waals surface area (Å²) in [6.07, 6.45) is 8.46. The Labute approximate surface area is 99.3 Å². The summed E-state index contributed by atoms with van der Waals surface area (Å²) in [7, 11) is 0. The van der Waals surface area contributed by atoms with Crippen LogP contribution in [0.5, 0.6) is 0 Å². The lowest BCUT2D eigenvalue weighted by Crippen LogP contribution is -2.17. The third kappa shape index (κ3) is 2.10. The van der Waals surface area contributed by atoms with Crippen LogP contribution in [0.15, 0.2) is 23.3 Å². The minimum absolute atomic E-state index is 0.341. The van der Waals surface area contributed by atoms with Gasteiger partial charge in [-0.25, -0.2) is 0 Å². The molecule has 1 heteroatoms. The van der Waals surface area contributed by atoms with Gasteiger partial charge in [-0.2, -0.15) is 0 Å². The highest BCUT2D eigenvalue weighted by Crippen LogP contribution is 2.43. The Morgan fingerprint density at radius 3 is 2.81 bits per heavy atom. The molecular formula is C15H24O. The predicted octanol–water partition coefficient (Wildman–Crippen LogP) is 3.55. The maximum atomic E-state index is 9.32. The van der Waals surface area contributed by atoms with Crippen molar-refractivity contribution in [1.82, 2.24) is 0 Å². The summed E-state index contributed by atoms with van der Waals surface area (Å²) in [4.78, 5) is 0. The fourth-order valence-corrected chi connectivity index (χ4v) is 3.27. The van der Waals surface area contributed by atoms with Gasteiger partial charge in [-0.05, 0) is 43.9 Å². The third-order valence-electron chi connectivity index (χ3n) is 4.66. The van der Waals surface area contributed by atoms with E-state index in [2.05, 4.69) is 32.9 Å². The van der Waals surface area contributed by atoms with Gasteiger partial charge >= 0.3 is 0 Å². The highest BCUT2D eigenvalue weighted by molar-refractivity contribution is 5.35. The molecule has 2 aliphatic carbocycles. The number of allylic oxidation sites excluding steroid dienone is 4. The minimum Gasteiger partial charge on any atom is -0.396 e. The lowest BCUT2D eigenvalue weighted by molar-refractivity contribution is 0.172. The second-order valence-corrected chi connectivity index (χ2v) is 5.76. The van der Waals surface area contributed by atoms with Gasteiger partial charge in [-0.3, -0.25) is 0 Å². The quantitative estimate of drug-likeness (QED) is 0.754. The van der Waals surface area contributed by atoms with Gasteiger partial charge in [0.1, 0.15) is 0 Å². The molecule has 0 spiro atoms. The van der Waals surface area contributed by atoms with Crippen molar-refractivity contribution < 1.29 is 5.11 Å². The van der Waals surface area contributed by atoms with E-state index in [9.17, 15) is 5.11 Å². The van der Waals surface area contributed by atoms with Gasteiger partial charge in [0, 0.05) is 12.5 Å². The molecule has 0 saturated heterocycles. The maximum absolute atomic E-state index is 9.32. The predicted molar refractivity (Wildman–Crippen MR) is 68.1 cm³/mol. The van der Waals surface area contributed by atoms with E-state index in [1.54, 1.807) is 5.57 Å². The van der Waals surface area contributed by atoms with E-state index in [1.807, 2.05) is 0 Å². The first-order valence-electron chi connectivity index (χ1n) is 6.62. The number of aliphatic hydroxyl groups is 1. The van der Waals surface area contributed by atoms with Crippen molar-refractivity contribution in [2.75, 3.05) is 6.61 Å². The van der Waals surface area contributed by atoms with Crippen LogP contribution in [0.4, 0.5) is 0 Å². The van der Waals surface area contributed by atoms with Gasteiger partial charge in [0.05, 0.1) is 0 Å². The van der Waals surface area contributed by atoms with Crippen LogP contribution < -0.4 is 0 Å². The highest BCUT2D eigenvalue weighted by Gasteiger charge is 2.32. The number of aliphatic hydroxyl groups excluding tert-OH is 1. The molecule has 0 aromatic carbocycles. The van der Waals surface area contributed by atoms with Crippen molar-refractivity contribution >= 4 is 0 Å². The summed E-state index contributed by atoms with van der Waals surface area (Å²) in [6, 6.07) is 0. The highest BCUT2D eigenvalue weighted by atomic mass is 16.3. The molecular weight excluding hydrogens is 196 g/mol. The number of hydrogen-bond acceptors (Lipinski definition) is 1. The first-order chi connectivity index (χ1) is 7.63. The molecule has 0 aliphatic heterocycles. The Morgan fingerprint density at radius 1 is 1.38 bits per heavy atom. The van der Waals surface area contributed by atoms with Crippen LogP contribution in [-0.2, 0) is 0 Å². The van der Waals surface area contributed by atoms with Gasteiger partial charge in [0.15, 0.2) is 0 Å². The number of fused-ring (bicyclic) bond motifs is 1. The molecule has 0 aromatic rings. The monoisotopic (exact) mass is 220 g/mol. The van der Waals surface area contributed by atoms with Gasteiger partial charge in [-0.15, -0.1) is 0 Å².